The van der Waals surface area contributed by atoms with Crippen molar-refractivity contribution in [3.63, 3.8) is 0 Å². The van der Waals surface area contributed by atoms with Crippen molar-refractivity contribution in [2.45, 2.75) is 20.8 Å². The van der Waals surface area contributed by atoms with Crippen molar-refractivity contribution in [1.29, 1.82) is 0 Å². The monoisotopic (exact) mass is 335 g/mol. The van der Waals surface area contributed by atoms with Crippen LogP contribution < -0.4 is 11.5 Å². The lowest BCUT2D eigenvalue weighted by Crippen LogP contribution is -2.14. The molecule has 3 aromatic rings. The molecule has 1 amide bonds. The Morgan fingerprint density at radius 2 is 2.00 bits per heavy atom. The van der Waals surface area contributed by atoms with Gasteiger partial charge in [-0.05, 0) is 38.5 Å². The van der Waals surface area contributed by atoms with Gasteiger partial charge in [0.15, 0.2) is 0 Å². The summed E-state index contributed by atoms with van der Waals surface area (Å²) in [6, 6.07) is 4.93. The fourth-order valence-electron chi connectivity index (χ4n) is 3.07. The highest BCUT2D eigenvalue weighted by molar-refractivity contribution is 6.11. The minimum Gasteiger partial charge on any atom is -0.508 e. The predicted molar refractivity (Wildman–Crippen MR) is 96.1 cm³/mol. The van der Waals surface area contributed by atoms with E-state index in [4.69, 9.17) is 18.0 Å². The number of aryl methyl sites for hydroxylation is 2. The molecule has 2 aromatic heterocycles. The predicted octanol–water partition coefficient (Wildman–Crippen LogP) is 2.89. The number of hydrogen-bond donors (Lipinski definition) is 3. The van der Waals surface area contributed by atoms with E-state index in [2.05, 4.69) is 9.83 Å². The van der Waals surface area contributed by atoms with Crippen LogP contribution in [0.5, 0.6) is 5.75 Å². The molecule has 7 nitrogen and oxygen atoms in total. The number of pyridine rings is 1. The maximum Gasteiger partial charge on any atom is 0.253 e. The second-order valence-electron chi connectivity index (χ2n) is 5.91. The summed E-state index contributed by atoms with van der Waals surface area (Å²) in [5.74, 6) is -0.455. The van der Waals surface area contributed by atoms with Gasteiger partial charge in [-0.15, -0.1) is 0 Å². The van der Waals surface area contributed by atoms with E-state index in [1.165, 1.54) is 0 Å². The molecule has 0 unspecified atom stereocenters. The number of nitrogens with two attached hydrogens (primary N) is 2. The molecule has 126 valence electrons. The summed E-state index contributed by atoms with van der Waals surface area (Å²) in [6.07, 6.45) is 0. The van der Waals surface area contributed by atoms with Gasteiger partial charge in [-0.3, -0.25) is 9.36 Å². The number of fused-ring (bicyclic) bond motifs is 1. The summed E-state index contributed by atoms with van der Waals surface area (Å²) >= 11 is 0. The standard InChI is InChI=1S/C18H17N5O2/c1-8-5-6-13(24)9(2)15(8)23-16(19)14(17(20)25)11-7-12(21-4)10(3)22-18(11)23/h5-7,24H,19H2,1-3H3,(H2,20,25). The minimum atomic E-state index is -0.696. The molecule has 7 heteroatoms. The van der Waals surface area contributed by atoms with E-state index in [1.54, 1.807) is 36.6 Å². The highest BCUT2D eigenvalue weighted by atomic mass is 16.3. The molecule has 5 N–H and O–H groups in total. The first-order chi connectivity index (χ1) is 11.8. The Balaban J connectivity index is 2.56. The second kappa shape index (κ2) is 5.53. The average Bonchev–Trinajstić information content (AvgIpc) is 2.82. The molecule has 0 atom stereocenters. The topological polar surface area (TPSA) is 112 Å². The number of benzene rings is 1. The number of carbonyl (C=O) groups excluding carboxylic acids is 1. The zero-order valence-corrected chi connectivity index (χ0v) is 14.1. The fraction of sp³-hybridized carbons (Fsp3) is 0.167. The molecule has 3 rings (SSSR count). The normalized spacial score (nSPS) is 10.8. The van der Waals surface area contributed by atoms with E-state index in [9.17, 15) is 9.90 Å². The number of nitrogen functional groups attached to an aromatic ring is 1. The molecule has 0 saturated carbocycles. The molecule has 0 aliphatic heterocycles. The van der Waals surface area contributed by atoms with Crippen molar-refractivity contribution >= 4 is 28.4 Å². The van der Waals surface area contributed by atoms with Crippen LogP contribution in [0.2, 0.25) is 0 Å². The lowest BCUT2D eigenvalue weighted by Gasteiger charge is -2.15. The third-order valence-electron chi connectivity index (χ3n) is 4.34. The number of phenolic OH excluding ortho intramolecular Hbond substituents is 1. The molecule has 25 heavy (non-hydrogen) atoms. The molecular weight excluding hydrogens is 318 g/mol. The highest BCUT2D eigenvalue weighted by Crippen LogP contribution is 2.37. The quantitative estimate of drug-likeness (QED) is 0.625. The Morgan fingerprint density at radius 3 is 2.60 bits per heavy atom. The Hall–Kier alpha value is -3.53. The maximum atomic E-state index is 12.0. The number of rotatable bonds is 2. The van der Waals surface area contributed by atoms with Crippen LogP contribution in [0.25, 0.3) is 21.6 Å². The number of phenols is 1. The van der Waals surface area contributed by atoms with Gasteiger partial charge in [0, 0.05) is 16.6 Å². The number of nitrogens with zero attached hydrogens (tertiary/aromatic N) is 3. The lowest BCUT2D eigenvalue weighted by atomic mass is 10.1. The van der Waals surface area contributed by atoms with Crippen LogP contribution >= 0.6 is 0 Å². The molecule has 0 bridgehead atoms. The van der Waals surface area contributed by atoms with Gasteiger partial charge < -0.3 is 16.6 Å². The first kappa shape index (κ1) is 16.3. The number of aromatic hydroxyl groups is 1. The van der Waals surface area contributed by atoms with Crippen LogP contribution in [0.15, 0.2) is 18.2 Å². The summed E-state index contributed by atoms with van der Waals surface area (Å²) in [7, 11) is 0. The maximum absolute atomic E-state index is 12.0. The summed E-state index contributed by atoms with van der Waals surface area (Å²) in [5.41, 5.74) is 15.2. The van der Waals surface area contributed by atoms with Crippen molar-refractivity contribution in [2.24, 2.45) is 5.73 Å². The number of carbonyl (C=O) groups is 1. The van der Waals surface area contributed by atoms with Gasteiger partial charge in [0.1, 0.15) is 17.2 Å². The third-order valence-corrected chi connectivity index (χ3v) is 4.34. The van der Waals surface area contributed by atoms with Gasteiger partial charge >= 0.3 is 0 Å². The smallest absolute Gasteiger partial charge is 0.253 e. The average molecular weight is 335 g/mol. The van der Waals surface area contributed by atoms with Gasteiger partial charge in [0.05, 0.1) is 17.8 Å². The van der Waals surface area contributed by atoms with Crippen molar-refractivity contribution in [3.05, 3.63) is 52.0 Å². The van der Waals surface area contributed by atoms with E-state index in [0.29, 0.717) is 33.7 Å². The molecule has 1 aromatic carbocycles. The second-order valence-corrected chi connectivity index (χ2v) is 5.91. The van der Waals surface area contributed by atoms with Gasteiger partial charge in [-0.2, -0.15) is 0 Å². The number of aromatic nitrogens is 2. The molecule has 2 heterocycles. The number of hydrogen-bond acceptors (Lipinski definition) is 4. The number of anilines is 1. The van der Waals surface area contributed by atoms with Crippen LogP contribution in [-0.4, -0.2) is 20.6 Å². The Bertz CT molecular complexity index is 1090. The summed E-state index contributed by atoms with van der Waals surface area (Å²) in [4.78, 5) is 19.9. The van der Waals surface area contributed by atoms with Crippen LogP contribution in [-0.2, 0) is 0 Å². The molecule has 0 aliphatic rings. The molecule has 0 spiro atoms. The van der Waals surface area contributed by atoms with E-state index in [1.807, 2.05) is 6.92 Å². The number of primary amides is 1. The molecule has 0 aliphatic carbocycles. The van der Waals surface area contributed by atoms with Crippen LogP contribution in [0.3, 0.4) is 0 Å². The zero-order chi connectivity index (χ0) is 18.5. The van der Waals surface area contributed by atoms with Crippen molar-refractivity contribution in [1.82, 2.24) is 9.55 Å². The highest BCUT2D eigenvalue weighted by Gasteiger charge is 2.24. The molecule has 0 radical (unpaired) electrons. The largest absolute Gasteiger partial charge is 0.508 e. The van der Waals surface area contributed by atoms with Gasteiger partial charge in [-0.25, -0.2) is 9.83 Å². The first-order valence-electron chi connectivity index (χ1n) is 7.56. The Kier molecular flexibility index (Phi) is 3.61. The summed E-state index contributed by atoms with van der Waals surface area (Å²) in [5, 5.41) is 10.5. The third kappa shape index (κ3) is 2.27. The molecule has 0 saturated heterocycles. The van der Waals surface area contributed by atoms with Crippen molar-refractivity contribution in [3.8, 4) is 11.4 Å². The van der Waals surface area contributed by atoms with Gasteiger partial charge in [-0.1, -0.05) is 6.07 Å². The van der Waals surface area contributed by atoms with Crippen LogP contribution in [0.4, 0.5) is 11.5 Å². The van der Waals surface area contributed by atoms with Crippen LogP contribution in [0.1, 0.15) is 27.2 Å². The number of amides is 1. The van der Waals surface area contributed by atoms with Gasteiger partial charge in [0.2, 0.25) is 5.69 Å². The molecule has 0 fully saturated rings. The summed E-state index contributed by atoms with van der Waals surface area (Å²) < 4.78 is 1.61. The van der Waals surface area contributed by atoms with E-state index in [-0.39, 0.29) is 17.1 Å². The SMILES string of the molecule is [C-]#[N+]c1cc2c(C(N)=O)c(N)n(-c3c(C)ccc(O)c3C)c2nc1C. The zero-order valence-electron chi connectivity index (χ0n) is 14.1. The lowest BCUT2D eigenvalue weighted by molar-refractivity contribution is 0.100. The summed E-state index contributed by atoms with van der Waals surface area (Å²) in [6.45, 7) is 12.6. The van der Waals surface area contributed by atoms with E-state index < -0.39 is 5.91 Å². The Labute approximate surface area is 144 Å². The van der Waals surface area contributed by atoms with Gasteiger partial charge in [0.25, 0.3) is 5.91 Å². The van der Waals surface area contributed by atoms with E-state index >= 15 is 0 Å². The first-order valence-corrected chi connectivity index (χ1v) is 7.56. The minimum absolute atomic E-state index is 0.108. The van der Waals surface area contributed by atoms with Crippen molar-refractivity contribution < 1.29 is 9.90 Å². The Morgan fingerprint density at radius 1 is 1.32 bits per heavy atom. The van der Waals surface area contributed by atoms with E-state index in [0.717, 1.165) is 5.56 Å². The molecular formula is C18H17N5O2. The fourth-order valence-corrected chi connectivity index (χ4v) is 3.07. The van der Waals surface area contributed by atoms with Crippen LogP contribution in [0, 0.1) is 27.3 Å². The van der Waals surface area contributed by atoms with Crippen molar-refractivity contribution in [2.75, 3.05) is 5.73 Å².